The number of fused-ring (bicyclic) bond motifs is 2. The number of methoxy groups -OCH3 is 1. The molecule has 3 heterocycles. The number of aliphatic hydroxyl groups excluding tert-OH is 1. The monoisotopic (exact) mass is 674 g/mol. The Morgan fingerprint density at radius 3 is 2.40 bits per heavy atom. The molecule has 0 spiro atoms. The zero-order valence-electron chi connectivity index (χ0n) is 27.5. The molecule has 2 aromatic carbocycles. The SMILES string of the molecule is COc1ccc(C[C@@H]([C@H](O)CN(CC(C)C)S(=O)(=O)c2ccc3nc(NC(C)C)oc3c2)N(C(=O)O)[C@H]2CCO[C@H]3OCC[C@H]32)cc1. The Hall–Kier alpha value is -3.43. The van der Waals surface area contributed by atoms with Crippen molar-refractivity contribution in [3.05, 3.63) is 48.0 Å². The van der Waals surface area contributed by atoms with E-state index < -0.39 is 40.6 Å². The number of hydrogen-bond acceptors (Lipinski definition) is 10. The van der Waals surface area contributed by atoms with Gasteiger partial charge in [0.05, 0.1) is 37.4 Å². The number of hydrogen-bond donors (Lipinski definition) is 3. The Balaban J connectivity index is 1.48. The van der Waals surface area contributed by atoms with Crippen LogP contribution in [-0.2, 0) is 25.9 Å². The molecule has 14 heteroatoms. The number of amides is 1. The van der Waals surface area contributed by atoms with Crippen LogP contribution in [0.15, 0.2) is 51.8 Å². The minimum Gasteiger partial charge on any atom is -0.497 e. The lowest BCUT2D eigenvalue weighted by molar-refractivity contribution is -0.172. The van der Waals surface area contributed by atoms with E-state index in [4.69, 9.17) is 18.6 Å². The lowest BCUT2D eigenvalue weighted by Crippen LogP contribution is -2.59. The molecule has 2 aliphatic rings. The largest absolute Gasteiger partial charge is 0.497 e. The van der Waals surface area contributed by atoms with Crippen LogP contribution in [0.1, 0.15) is 46.1 Å². The average Bonchev–Trinajstić information content (AvgIpc) is 3.66. The van der Waals surface area contributed by atoms with Gasteiger partial charge in [0.25, 0.3) is 6.01 Å². The summed E-state index contributed by atoms with van der Waals surface area (Å²) >= 11 is 0. The fraction of sp³-hybridized carbons (Fsp3) is 0.576. The Morgan fingerprint density at radius 1 is 1.06 bits per heavy atom. The van der Waals surface area contributed by atoms with Gasteiger partial charge in [0.2, 0.25) is 10.0 Å². The second-order valence-electron chi connectivity index (χ2n) is 13.0. The first kappa shape index (κ1) is 34.9. The van der Waals surface area contributed by atoms with Crippen LogP contribution in [0.3, 0.4) is 0 Å². The zero-order valence-corrected chi connectivity index (χ0v) is 28.4. The second-order valence-corrected chi connectivity index (χ2v) is 14.9. The molecule has 258 valence electrons. The van der Waals surface area contributed by atoms with E-state index in [1.165, 1.54) is 21.3 Å². The number of anilines is 1. The molecule has 3 aromatic rings. The van der Waals surface area contributed by atoms with E-state index in [1.807, 2.05) is 39.8 Å². The molecule has 2 aliphatic heterocycles. The van der Waals surface area contributed by atoms with Gasteiger partial charge >= 0.3 is 6.09 Å². The smallest absolute Gasteiger partial charge is 0.407 e. The molecule has 3 N–H and O–H groups in total. The predicted molar refractivity (Wildman–Crippen MR) is 175 cm³/mol. The first-order chi connectivity index (χ1) is 22.4. The molecular formula is C33H46N4O9S. The van der Waals surface area contributed by atoms with E-state index in [1.54, 1.807) is 25.3 Å². The highest BCUT2D eigenvalue weighted by molar-refractivity contribution is 7.89. The fourth-order valence-electron chi connectivity index (χ4n) is 6.47. The molecule has 1 aromatic heterocycles. The topological polar surface area (TPSA) is 164 Å². The normalized spacial score (nSPS) is 21.3. The summed E-state index contributed by atoms with van der Waals surface area (Å²) in [4.78, 5) is 18.7. The summed E-state index contributed by atoms with van der Waals surface area (Å²) in [5.41, 5.74) is 1.58. The zero-order chi connectivity index (χ0) is 33.9. The minimum absolute atomic E-state index is 0.0118. The quantitative estimate of drug-likeness (QED) is 0.222. The molecule has 13 nitrogen and oxygen atoms in total. The van der Waals surface area contributed by atoms with Gasteiger partial charge in [-0.3, -0.25) is 4.90 Å². The van der Waals surface area contributed by atoms with Crippen molar-refractivity contribution in [3.63, 3.8) is 0 Å². The Labute approximate surface area is 275 Å². The minimum atomic E-state index is -4.15. The molecule has 2 fully saturated rings. The lowest BCUT2D eigenvalue weighted by atomic mass is 9.88. The number of sulfonamides is 1. The molecule has 5 atom stereocenters. The first-order valence-electron chi connectivity index (χ1n) is 16.1. The van der Waals surface area contributed by atoms with E-state index in [-0.39, 0.29) is 48.3 Å². The highest BCUT2D eigenvalue weighted by Gasteiger charge is 2.47. The standard InChI is InChI=1S/C33H46N4O9S/c1-20(2)18-36(47(41,42)24-10-11-26-30(17-24)46-32(35-26)34-21(3)4)19-29(38)28(16-22-6-8-23(43-5)9-7-22)37(33(39)40)27-13-15-45-31-25(27)12-14-44-31/h6-11,17,20-21,25,27-29,31,38H,12-16,18-19H2,1-5H3,(H,34,35)(H,39,40)/t25-,27-,28-,29+,31+/m0/s1. The molecular weight excluding hydrogens is 628 g/mol. The third-order valence-electron chi connectivity index (χ3n) is 8.63. The lowest BCUT2D eigenvalue weighted by Gasteiger charge is -2.44. The van der Waals surface area contributed by atoms with Crippen LogP contribution in [0, 0.1) is 11.8 Å². The Bertz CT molecular complexity index is 1610. The van der Waals surface area contributed by atoms with Crippen molar-refractivity contribution in [2.45, 2.75) is 82.4 Å². The summed E-state index contributed by atoms with van der Waals surface area (Å²) in [7, 11) is -2.59. The maximum absolute atomic E-state index is 14.2. The van der Waals surface area contributed by atoms with Crippen LogP contribution in [0.2, 0.25) is 0 Å². The summed E-state index contributed by atoms with van der Waals surface area (Å²) in [6.07, 6.45) is -1.88. The van der Waals surface area contributed by atoms with Crippen molar-refractivity contribution >= 4 is 33.2 Å². The summed E-state index contributed by atoms with van der Waals surface area (Å²) in [6, 6.07) is 10.6. The maximum atomic E-state index is 14.2. The number of carboxylic acid groups (broad SMARTS) is 1. The van der Waals surface area contributed by atoms with Gasteiger partial charge in [-0.05, 0) is 68.9 Å². The van der Waals surface area contributed by atoms with Gasteiger partial charge in [-0.1, -0.05) is 26.0 Å². The summed E-state index contributed by atoms with van der Waals surface area (Å²) in [5, 5.41) is 25.7. The van der Waals surface area contributed by atoms with Crippen molar-refractivity contribution in [2.75, 3.05) is 38.7 Å². The van der Waals surface area contributed by atoms with Gasteiger partial charge in [-0.25, -0.2) is 13.2 Å². The number of nitrogens with one attached hydrogen (secondary N) is 1. The number of carbonyl (C=O) groups is 1. The number of rotatable bonds is 14. The molecule has 1 amide bonds. The summed E-state index contributed by atoms with van der Waals surface area (Å²) in [5.74, 6) is 0.348. The number of ether oxygens (including phenoxy) is 3. The van der Waals surface area contributed by atoms with Crippen LogP contribution < -0.4 is 10.1 Å². The van der Waals surface area contributed by atoms with Crippen LogP contribution in [0.5, 0.6) is 5.75 Å². The van der Waals surface area contributed by atoms with Gasteiger partial charge in [0.15, 0.2) is 11.9 Å². The number of benzene rings is 2. The first-order valence-corrected chi connectivity index (χ1v) is 17.5. The fourth-order valence-corrected chi connectivity index (χ4v) is 8.11. The van der Waals surface area contributed by atoms with E-state index in [0.717, 1.165) is 5.56 Å². The van der Waals surface area contributed by atoms with E-state index in [9.17, 15) is 23.4 Å². The van der Waals surface area contributed by atoms with Crippen LogP contribution >= 0.6 is 0 Å². The molecule has 5 rings (SSSR count). The number of aromatic nitrogens is 1. The van der Waals surface area contributed by atoms with Gasteiger partial charge in [-0.2, -0.15) is 9.29 Å². The van der Waals surface area contributed by atoms with E-state index in [0.29, 0.717) is 42.9 Å². The van der Waals surface area contributed by atoms with Gasteiger partial charge in [0, 0.05) is 37.2 Å². The van der Waals surface area contributed by atoms with E-state index in [2.05, 4.69) is 10.3 Å². The van der Waals surface area contributed by atoms with Crippen LogP contribution in [-0.4, -0.2) is 103 Å². The molecule has 0 saturated carbocycles. The van der Waals surface area contributed by atoms with Gasteiger partial charge in [-0.15, -0.1) is 0 Å². The molecule has 47 heavy (non-hydrogen) atoms. The Kier molecular flexibility index (Phi) is 11.0. The summed E-state index contributed by atoms with van der Waals surface area (Å²) < 4.78 is 52.2. The van der Waals surface area contributed by atoms with Gasteiger partial charge < -0.3 is 34.2 Å². The molecule has 0 radical (unpaired) electrons. The third kappa shape index (κ3) is 8.00. The van der Waals surface area contributed by atoms with Crippen LogP contribution in [0.4, 0.5) is 10.8 Å². The van der Waals surface area contributed by atoms with Crippen LogP contribution in [0.25, 0.3) is 11.1 Å². The molecule has 0 unspecified atom stereocenters. The highest BCUT2D eigenvalue weighted by Crippen LogP contribution is 2.36. The Morgan fingerprint density at radius 2 is 1.77 bits per heavy atom. The highest BCUT2D eigenvalue weighted by atomic mass is 32.2. The van der Waals surface area contributed by atoms with E-state index >= 15 is 0 Å². The third-order valence-corrected chi connectivity index (χ3v) is 10.5. The average molecular weight is 675 g/mol. The molecule has 2 saturated heterocycles. The van der Waals surface area contributed by atoms with Crippen molar-refractivity contribution < 1.29 is 42.1 Å². The maximum Gasteiger partial charge on any atom is 0.407 e. The van der Waals surface area contributed by atoms with Crippen molar-refractivity contribution in [1.29, 1.82) is 0 Å². The van der Waals surface area contributed by atoms with Gasteiger partial charge in [0.1, 0.15) is 11.3 Å². The number of oxazole rings is 1. The molecule has 0 bridgehead atoms. The second kappa shape index (κ2) is 14.8. The number of aliphatic hydroxyl groups is 1. The van der Waals surface area contributed by atoms with Crippen molar-refractivity contribution in [2.24, 2.45) is 11.8 Å². The number of nitrogens with zero attached hydrogens (tertiary/aromatic N) is 3. The predicted octanol–water partition coefficient (Wildman–Crippen LogP) is 4.41. The molecule has 0 aliphatic carbocycles. The van der Waals surface area contributed by atoms with Crippen molar-refractivity contribution in [3.8, 4) is 5.75 Å². The van der Waals surface area contributed by atoms with Crippen molar-refractivity contribution in [1.82, 2.24) is 14.2 Å². The summed E-state index contributed by atoms with van der Waals surface area (Å²) in [6.45, 7) is 8.20.